The van der Waals surface area contributed by atoms with E-state index >= 15 is 0 Å². The Bertz CT molecular complexity index is 888. The van der Waals surface area contributed by atoms with Gasteiger partial charge >= 0.3 is 5.66 Å². The fourth-order valence-corrected chi connectivity index (χ4v) is 7.93. The first-order valence-corrected chi connectivity index (χ1v) is 14.0. The molecular weight excluding hydrogens is 388 g/mol. The van der Waals surface area contributed by atoms with Gasteiger partial charge in [-0.05, 0) is 37.7 Å². The Morgan fingerprint density at radius 1 is 0.719 bits per heavy atom. The van der Waals surface area contributed by atoms with Gasteiger partial charge in [-0.1, -0.05) is 67.9 Å². The molecule has 0 aromatic carbocycles. The number of hydrogen-bond acceptors (Lipinski definition) is 0. The van der Waals surface area contributed by atoms with Gasteiger partial charge < -0.3 is 0 Å². The Balaban J connectivity index is 0.000000330. The smallest absolute Gasteiger partial charge is 0.138 e. The predicted octanol–water partition coefficient (Wildman–Crippen LogP) is 7.14. The van der Waals surface area contributed by atoms with Crippen LogP contribution in [0.5, 0.6) is 0 Å². The van der Waals surface area contributed by atoms with Crippen molar-refractivity contribution in [1.82, 2.24) is 0 Å². The minimum absolute atomic E-state index is 0.230. The van der Waals surface area contributed by atoms with Gasteiger partial charge in [-0.15, -0.1) is 9.13 Å². The lowest BCUT2D eigenvalue weighted by Gasteiger charge is -2.34. The summed E-state index contributed by atoms with van der Waals surface area (Å²) in [4.78, 5) is 0. The molecule has 7 rings (SSSR count). The maximum absolute atomic E-state index is 2.86. The van der Waals surface area contributed by atoms with Crippen LogP contribution in [-0.2, 0) is 12.1 Å². The molecule has 2 aromatic rings. The van der Waals surface area contributed by atoms with Gasteiger partial charge in [0.1, 0.15) is 11.8 Å². The number of pyridine rings is 2. The quantitative estimate of drug-likeness (QED) is 0.388. The van der Waals surface area contributed by atoms with Crippen LogP contribution in [-0.4, -0.2) is 0 Å². The zero-order chi connectivity index (χ0) is 23.5. The van der Waals surface area contributed by atoms with E-state index in [1.165, 1.54) is 38.5 Å². The molecule has 5 heterocycles. The highest BCUT2D eigenvalue weighted by Crippen LogP contribution is 2.63. The molecule has 0 saturated heterocycles. The minimum Gasteiger partial charge on any atom is -0.138 e. The average molecular weight is 437 g/mol. The molecule has 0 amide bonds. The summed E-state index contributed by atoms with van der Waals surface area (Å²) in [5, 5.41) is 0. The highest BCUT2D eigenvalue weighted by molar-refractivity contribution is 5.25. The van der Waals surface area contributed by atoms with Crippen LogP contribution in [0.25, 0.3) is 0 Å². The molecule has 6 unspecified atom stereocenters. The summed E-state index contributed by atoms with van der Waals surface area (Å²) in [6.07, 6.45) is 10.8. The SMILES string of the molecule is CC.CC.CC.CC.c1cc[n+]2c(c1)C1CCC3Cc4cccc5[n+]4C2(C2CCCC52)C31. The normalized spacial score (nSPS) is 32.7. The molecule has 2 heteroatoms. The molecular formula is C30H48N2+2. The molecule has 2 aromatic heterocycles. The minimum atomic E-state index is 0.230. The van der Waals surface area contributed by atoms with Crippen molar-refractivity contribution < 1.29 is 9.13 Å². The van der Waals surface area contributed by atoms with E-state index in [2.05, 4.69) is 51.7 Å². The summed E-state index contributed by atoms with van der Waals surface area (Å²) in [6.45, 7) is 16.0. The van der Waals surface area contributed by atoms with Gasteiger partial charge in [0.15, 0.2) is 23.3 Å². The Morgan fingerprint density at radius 2 is 1.44 bits per heavy atom. The standard InChI is InChI=1S/C22H24N2.4C2H6/c1-2-12-23-19(8-1)17-11-10-14-13-15-5-3-9-20-16-6-4-7-18(16)22(23,21(14)17)24(15)20;4*1-2/h1-3,5,8-9,12,14,16-18,21H,4,6-7,10-11,13H2;4*1-2H3/q+2;;;;. The predicted molar refractivity (Wildman–Crippen MR) is 135 cm³/mol. The summed E-state index contributed by atoms with van der Waals surface area (Å²) in [5.74, 6) is 4.14. The van der Waals surface area contributed by atoms with E-state index in [4.69, 9.17) is 0 Å². The van der Waals surface area contributed by atoms with Gasteiger partial charge in [0.2, 0.25) is 0 Å². The number of fused-ring (bicyclic) bond motifs is 4. The van der Waals surface area contributed by atoms with Crippen LogP contribution in [0.3, 0.4) is 0 Å². The summed E-state index contributed by atoms with van der Waals surface area (Å²) in [5.41, 5.74) is 5.14. The zero-order valence-corrected chi connectivity index (χ0v) is 22.1. The maximum Gasteiger partial charge on any atom is 0.368 e. The second-order valence-electron chi connectivity index (χ2n) is 8.87. The summed E-state index contributed by atoms with van der Waals surface area (Å²) in [6, 6.07) is 14.2. The van der Waals surface area contributed by atoms with Gasteiger partial charge in [0.05, 0.1) is 11.8 Å². The first-order chi connectivity index (χ1) is 15.9. The third-order valence-corrected chi connectivity index (χ3v) is 8.31. The second kappa shape index (κ2) is 10.5. The Morgan fingerprint density at radius 3 is 2.19 bits per heavy atom. The molecule has 6 atom stereocenters. The van der Waals surface area contributed by atoms with E-state index < -0.39 is 0 Å². The van der Waals surface area contributed by atoms with Crippen molar-refractivity contribution in [2.45, 2.75) is 111 Å². The van der Waals surface area contributed by atoms with Crippen molar-refractivity contribution in [3.8, 4) is 0 Å². The third kappa shape index (κ3) is 3.11. The zero-order valence-electron chi connectivity index (χ0n) is 22.1. The summed E-state index contributed by atoms with van der Waals surface area (Å²) in [7, 11) is 0. The Labute approximate surface area is 198 Å². The fourth-order valence-electron chi connectivity index (χ4n) is 7.93. The van der Waals surface area contributed by atoms with E-state index in [0.717, 1.165) is 29.6 Å². The molecule has 5 aliphatic rings. The molecule has 1 spiro atoms. The molecule has 0 bridgehead atoms. The van der Waals surface area contributed by atoms with Crippen molar-refractivity contribution in [2.24, 2.45) is 17.8 Å². The topological polar surface area (TPSA) is 7.76 Å². The number of hydrogen-bond donors (Lipinski definition) is 0. The third-order valence-electron chi connectivity index (χ3n) is 8.31. The van der Waals surface area contributed by atoms with Crippen molar-refractivity contribution >= 4 is 0 Å². The second-order valence-corrected chi connectivity index (χ2v) is 8.87. The highest BCUT2D eigenvalue weighted by atomic mass is 15.3. The molecule has 32 heavy (non-hydrogen) atoms. The first-order valence-electron chi connectivity index (χ1n) is 14.0. The van der Waals surface area contributed by atoms with Crippen molar-refractivity contribution in [3.63, 3.8) is 0 Å². The number of nitrogens with zero attached hydrogens (tertiary/aromatic N) is 2. The molecule has 0 radical (unpaired) electrons. The van der Waals surface area contributed by atoms with E-state index in [9.17, 15) is 0 Å². The molecule has 176 valence electrons. The van der Waals surface area contributed by atoms with Gasteiger partial charge in [-0.3, -0.25) is 0 Å². The monoisotopic (exact) mass is 436 g/mol. The van der Waals surface area contributed by atoms with Crippen molar-refractivity contribution in [1.29, 1.82) is 0 Å². The van der Waals surface area contributed by atoms with Crippen LogP contribution in [0.15, 0.2) is 42.6 Å². The van der Waals surface area contributed by atoms with E-state index in [1.54, 1.807) is 17.1 Å². The largest absolute Gasteiger partial charge is 0.368 e. The van der Waals surface area contributed by atoms with Gasteiger partial charge in [-0.25, -0.2) is 0 Å². The highest BCUT2D eigenvalue weighted by Gasteiger charge is 2.81. The maximum atomic E-state index is 2.86. The van der Waals surface area contributed by atoms with Crippen LogP contribution in [0, 0.1) is 17.8 Å². The van der Waals surface area contributed by atoms with E-state index in [-0.39, 0.29) is 5.66 Å². The lowest BCUT2D eigenvalue weighted by Crippen LogP contribution is -2.78. The van der Waals surface area contributed by atoms with Gasteiger partial charge in [0.25, 0.3) is 0 Å². The lowest BCUT2D eigenvalue weighted by molar-refractivity contribution is -1.00. The summed E-state index contributed by atoms with van der Waals surface area (Å²) >= 11 is 0. The van der Waals surface area contributed by atoms with Crippen LogP contribution in [0.1, 0.15) is 116 Å². The fraction of sp³-hybridized carbons (Fsp3) is 0.667. The summed E-state index contributed by atoms with van der Waals surface area (Å²) < 4.78 is 5.62. The number of rotatable bonds is 0. The van der Waals surface area contributed by atoms with Crippen LogP contribution < -0.4 is 9.13 Å². The lowest BCUT2D eigenvalue weighted by atomic mass is 9.70. The molecule has 2 saturated carbocycles. The van der Waals surface area contributed by atoms with Crippen molar-refractivity contribution in [3.05, 3.63) is 59.7 Å². The first kappa shape index (κ1) is 24.9. The average Bonchev–Trinajstić information content (AvgIpc) is 3.65. The van der Waals surface area contributed by atoms with Crippen LogP contribution >= 0.6 is 0 Å². The van der Waals surface area contributed by atoms with Crippen molar-refractivity contribution in [2.75, 3.05) is 0 Å². The number of aromatic nitrogens is 2. The van der Waals surface area contributed by atoms with Crippen LogP contribution in [0.2, 0.25) is 0 Å². The Kier molecular flexibility index (Phi) is 8.17. The molecule has 2 fully saturated rings. The Hall–Kier alpha value is -1.70. The van der Waals surface area contributed by atoms with Gasteiger partial charge in [0, 0.05) is 30.7 Å². The molecule has 0 N–H and O–H groups in total. The van der Waals surface area contributed by atoms with E-state index in [1.807, 2.05) is 55.4 Å². The molecule has 3 aliphatic heterocycles. The molecule has 2 nitrogen and oxygen atoms in total. The van der Waals surface area contributed by atoms with Crippen LogP contribution in [0.4, 0.5) is 0 Å². The van der Waals surface area contributed by atoms with E-state index in [0.29, 0.717) is 0 Å². The van der Waals surface area contributed by atoms with Gasteiger partial charge in [-0.2, -0.15) is 0 Å². The molecule has 2 aliphatic carbocycles.